The minimum absolute atomic E-state index is 0.188. The topological polar surface area (TPSA) is 99.9 Å². The number of methoxy groups -OCH3 is 3. The normalized spacial score (nSPS) is 14.5. The van der Waals surface area contributed by atoms with Crippen molar-refractivity contribution >= 4 is 11.9 Å². The summed E-state index contributed by atoms with van der Waals surface area (Å²) in [5, 5.41) is 3.22. The first kappa shape index (κ1) is 20.1. The number of hydrogen-bond donors (Lipinski definition) is 2. The Morgan fingerprint density at radius 1 is 1.12 bits per heavy atom. The number of rotatable bonds is 10. The van der Waals surface area contributed by atoms with Crippen molar-refractivity contribution in [3.8, 4) is 0 Å². The molecule has 1 aromatic carbocycles. The number of esters is 2. The van der Waals surface area contributed by atoms with Crippen LogP contribution in [0.1, 0.15) is 18.0 Å². The van der Waals surface area contributed by atoms with Gasteiger partial charge in [-0.1, -0.05) is 30.3 Å². The van der Waals surface area contributed by atoms with E-state index in [1.807, 2.05) is 30.3 Å². The summed E-state index contributed by atoms with van der Waals surface area (Å²) in [6, 6.07) is 8.46. The Morgan fingerprint density at radius 3 is 2.33 bits per heavy atom. The maximum Gasteiger partial charge on any atom is 0.312 e. The molecule has 3 N–H and O–H groups in total. The monoisotopic (exact) mass is 338 g/mol. The second kappa shape index (κ2) is 10.7. The quantitative estimate of drug-likeness (QED) is 0.604. The lowest BCUT2D eigenvalue weighted by Gasteiger charge is -2.30. The Morgan fingerprint density at radius 2 is 1.79 bits per heavy atom. The van der Waals surface area contributed by atoms with Gasteiger partial charge in [-0.25, -0.2) is 0 Å². The molecule has 0 bridgehead atoms. The molecule has 0 aliphatic carbocycles. The molecule has 7 nitrogen and oxygen atoms in total. The van der Waals surface area contributed by atoms with Crippen LogP contribution in [-0.4, -0.2) is 52.5 Å². The molecule has 0 aromatic heterocycles. The average Bonchev–Trinajstić information content (AvgIpc) is 2.61. The Bertz CT molecular complexity index is 509. The first-order chi connectivity index (χ1) is 11.5. The fourth-order valence-corrected chi connectivity index (χ4v) is 2.53. The smallest absolute Gasteiger partial charge is 0.312 e. The Kier molecular flexibility index (Phi) is 8.99. The minimum atomic E-state index is -0.657. The third-order valence-electron chi connectivity index (χ3n) is 3.73. The SMILES string of the molecule is COC[C@H](N)[C@@H](C(=O)OC)[C@H](NCCC(=O)OC)c1ccccc1. The van der Waals surface area contributed by atoms with Crippen molar-refractivity contribution < 1.29 is 23.8 Å². The number of ether oxygens (including phenoxy) is 3. The van der Waals surface area contributed by atoms with Crippen molar-refractivity contribution in [1.82, 2.24) is 5.32 Å². The van der Waals surface area contributed by atoms with Crippen molar-refractivity contribution in [1.29, 1.82) is 0 Å². The predicted molar refractivity (Wildman–Crippen MR) is 89.2 cm³/mol. The number of nitrogens with two attached hydrogens (primary N) is 1. The predicted octanol–water partition coefficient (Wildman–Crippen LogP) is 0.643. The molecule has 3 atom stereocenters. The molecule has 134 valence electrons. The lowest BCUT2D eigenvalue weighted by Crippen LogP contribution is -2.47. The van der Waals surface area contributed by atoms with Crippen molar-refractivity contribution in [2.24, 2.45) is 11.7 Å². The maximum absolute atomic E-state index is 12.3. The van der Waals surface area contributed by atoms with Crippen molar-refractivity contribution in [3.63, 3.8) is 0 Å². The molecule has 0 unspecified atom stereocenters. The van der Waals surface area contributed by atoms with Gasteiger partial charge in [0.05, 0.1) is 33.2 Å². The van der Waals surface area contributed by atoms with Gasteiger partial charge in [0.1, 0.15) is 0 Å². The molecule has 0 heterocycles. The molecule has 0 aliphatic rings. The Balaban J connectivity index is 3.02. The summed E-state index contributed by atoms with van der Waals surface area (Å²) >= 11 is 0. The lowest BCUT2D eigenvalue weighted by atomic mass is 9.87. The van der Waals surface area contributed by atoms with Crippen LogP contribution in [0, 0.1) is 5.92 Å². The zero-order valence-electron chi connectivity index (χ0n) is 14.4. The third-order valence-corrected chi connectivity index (χ3v) is 3.73. The van der Waals surface area contributed by atoms with Gasteiger partial charge in [-0.05, 0) is 5.56 Å². The zero-order valence-corrected chi connectivity index (χ0v) is 14.4. The number of carbonyl (C=O) groups excluding carboxylic acids is 2. The van der Waals surface area contributed by atoms with Gasteiger partial charge >= 0.3 is 11.9 Å². The molecular weight excluding hydrogens is 312 g/mol. The van der Waals surface area contributed by atoms with Gasteiger partial charge in [-0.3, -0.25) is 9.59 Å². The summed E-state index contributed by atoms with van der Waals surface area (Å²) in [5.74, 6) is -1.42. The highest BCUT2D eigenvalue weighted by molar-refractivity contribution is 5.74. The number of nitrogens with one attached hydrogen (secondary N) is 1. The van der Waals surface area contributed by atoms with E-state index in [2.05, 4.69) is 10.1 Å². The van der Waals surface area contributed by atoms with Gasteiger partial charge in [0.2, 0.25) is 0 Å². The molecule has 0 saturated carbocycles. The summed E-state index contributed by atoms with van der Waals surface area (Å²) in [6.45, 7) is 0.557. The van der Waals surface area contributed by atoms with Gasteiger partial charge in [-0.2, -0.15) is 0 Å². The van der Waals surface area contributed by atoms with E-state index in [-0.39, 0.29) is 19.0 Å². The van der Waals surface area contributed by atoms with Crippen LogP contribution in [0.25, 0.3) is 0 Å². The summed E-state index contributed by atoms with van der Waals surface area (Å²) in [6.07, 6.45) is 0.188. The first-order valence-electron chi connectivity index (χ1n) is 7.72. The zero-order chi connectivity index (χ0) is 17.9. The van der Waals surface area contributed by atoms with Crippen molar-refractivity contribution in [2.75, 3.05) is 34.5 Å². The molecule has 0 amide bonds. The van der Waals surface area contributed by atoms with E-state index in [4.69, 9.17) is 15.2 Å². The fraction of sp³-hybridized carbons (Fsp3) is 0.529. The molecule has 0 saturated heterocycles. The van der Waals surface area contributed by atoms with E-state index in [9.17, 15) is 9.59 Å². The van der Waals surface area contributed by atoms with Crippen molar-refractivity contribution in [3.05, 3.63) is 35.9 Å². The maximum atomic E-state index is 12.3. The van der Waals surface area contributed by atoms with Crippen LogP contribution < -0.4 is 11.1 Å². The third kappa shape index (κ3) is 5.92. The second-order valence-electron chi connectivity index (χ2n) is 5.34. The van der Waals surface area contributed by atoms with Crippen LogP contribution in [0.15, 0.2) is 30.3 Å². The van der Waals surface area contributed by atoms with Crippen LogP contribution in [0.3, 0.4) is 0 Å². The largest absolute Gasteiger partial charge is 0.469 e. The highest BCUT2D eigenvalue weighted by atomic mass is 16.5. The van der Waals surface area contributed by atoms with E-state index in [0.29, 0.717) is 6.54 Å². The highest BCUT2D eigenvalue weighted by Crippen LogP contribution is 2.26. The highest BCUT2D eigenvalue weighted by Gasteiger charge is 2.35. The number of carbonyl (C=O) groups is 2. The molecule has 0 fully saturated rings. The van der Waals surface area contributed by atoms with Crippen LogP contribution in [0.4, 0.5) is 0 Å². The second-order valence-corrected chi connectivity index (χ2v) is 5.34. The summed E-state index contributed by atoms with van der Waals surface area (Å²) < 4.78 is 14.7. The fourth-order valence-electron chi connectivity index (χ4n) is 2.53. The number of hydrogen-bond acceptors (Lipinski definition) is 7. The van der Waals surface area contributed by atoms with E-state index < -0.39 is 24.0 Å². The molecular formula is C17H26N2O5. The molecule has 0 spiro atoms. The summed E-state index contributed by atoms with van der Waals surface area (Å²) in [7, 11) is 4.19. The van der Waals surface area contributed by atoms with E-state index in [0.717, 1.165) is 5.56 Å². The van der Waals surface area contributed by atoms with Gasteiger partial charge in [0.25, 0.3) is 0 Å². The van der Waals surface area contributed by atoms with Crippen LogP contribution in [0.5, 0.6) is 0 Å². The molecule has 0 aliphatic heterocycles. The molecule has 1 aromatic rings. The van der Waals surface area contributed by atoms with Gasteiger partial charge in [0, 0.05) is 25.7 Å². The van der Waals surface area contributed by atoms with Crippen LogP contribution >= 0.6 is 0 Å². The standard InChI is InChI=1S/C17H26N2O5/c1-22-11-13(18)15(17(21)24-3)16(12-7-5-4-6-8-12)19-10-9-14(20)23-2/h4-8,13,15-16,19H,9-11,18H2,1-3H3/t13-,15+,16+/m0/s1. The van der Waals surface area contributed by atoms with E-state index in [1.165, 1.54) is 21.3 Å². The van der Waals surface area contributed by atoms with Crippen LogP contribution in [0.2, 0.25) is 0 Å². The Labute approximate surface area is 142 Å². The van der Waals surface area contributed by atoms with Gasteiger partial charge in [0.15, 0.2) is 0 Å². The molecule has 1 rings (SSSR count). The number of benzene rings is 1. The van der Waals surface area contributed by atoms with Crippen molar-refractivity contribution in [2.45, 2.75) is 18.5 Å². The van der Waals surface area contributed by atoms with E-state index in [1.54, 1.807) is 0 Å². The molecule has 0 radical (unpaired) electrons. The molecule has 24 heavy (non-hydrogen) atoms. The summed E-state index contributed by atoms with van der Waals surface area (Å²) in [4.78, 5) is 23.6. The average molecular weight is 338 g/mol. The lowest BCUT2D eigenvalue weighted by molar-refractivity contribution is -0.148. The summed E-state index contributed by atoms with van der Waals surface area (Å²) in [5.41, 5.74) is 7.02. The minimum Gasteiger partial charge on any atom is -0.469 e. The van der Waals surface area contributed by atoms with Gasteiger partial charge < -0.3 is 25.3 Å². The van der Waals surface area contributed by atoms with Crippen LogP contribution in [-0.2, 0) is 23.8 Å². The Hall–Kier alpha value is -1.96. The first-order valence-corrected chi connectivity index (χ1v) is 7.72. The van der Waals surface area contributed by atoms with Gasteiger partial charge in [-0.15, -0.1) is 0 Å². The van der Waals surface area contributed by atoms with E-state index >= 15 is 0 Å². The molecule has 7 heteroatoms.